The molecule has 4 nitrogen and oxygen atoms in total. The number of amides is 2. The normalized spacial score (nSPS) is 14.3. The van der Waals surface area contributed by atoms with Crippen molar-refractivity contribution in [3.63, 3.8) is 0 Å². The highest BCUT2D eigenvalue weighted by molar-refractivity contribution is 6.30. The standard InChI is InChI=1S/C19H22ClN3O/c20-16-6-8-17(9-7-16)22-19(24)21-14-15-4-10-18(11-5-15)23-12-2-1-3-13-23/h4-11H,1-3,12-14H2,(H2,21,22,24). The van der Waals surface area contributed by atoms with E-state index in [0.717, 1.165) is 24.3 Å². The van der Waals surface area contributed by atoms with E-state index in [-0.39, 0.29) is 6.03 Å². The number of carbonyl (C=O) groups is 1. The van der Waals surface area contributed by atoms with Crippen molar-refractivity contribution in [2.45, 2.75) is 25.8 Å². The van der Waals surface area contributed by atoms with Crippen LogP contribution >= 0.6 is 11.6 Å². The molecule has 1 saturated heterocycles. The van der Waals surface area contributed by atoms with Gasteiger partial charge in [-0.25, -0.2) is 4.79 Å². The van der Waals surface area contributed by atoms with E-state index in [1.54, 1.807) is 24.3 Å². The second kappa shape index (κ2) is 8.06. The van der Waals surface area contributed by atoms with Gasteiger partial charge in [0.25, 0.3) is 0 Å². The van der Waals surface area contributed by atoms with Crippen molar-refractivity contribution in [3.8, 4) is 0 Å². The predicted octanol–water partition coefficient (Wildman–Crippen LogP) is 4.65. The maximum Gasteiger partial charge on any atom is 0.319 e. The van der Waals surface area contributed by atoms with Crippen LogP contribution in [0.15, 0.2) is 48.5 Å². The molecule has 1 fully saturated rings. The molecule has 3 rings (SSSR count). The average molecular weight is 344 g/mol. The third-order valence-corrected chi connectivity index (χ3v) is 4.46. The van der Waals surface area contributed by atoms with Crippen LogP contribution in [0.3, 0.4) is 0 Å². The van der Waals surface area contributed by atoms with Gasteiger partial charge in [0.2, 0.25) is 0 Å². The number of benzene rings is 2. The smallest absolute Gasteiger partial charge is 0.319 e. The maximum atomic E-state index is 11.9. The molecule has 24 heavy (non-hydrogen) atoms. The lowest BCUT2D eigenvalue weighted by Gasteiger charge is -2.28. The highest BCUT2D eigenvalue weighted by Crippen LogP contribution is 2.20. The second-order valence-corrected chi connectivity index (χ2v) is 6.47. The summed E-state index contributed by atoms with van der Waals surface area (Å²) in [6, 6.07) is 15.2. The summed E-state index contributed by atoms with van der Waals surface area (Å²) in [6.45, 7) is 2.78. The van der Waals surface area contributed by atoms with E-state index in [1.165, 1.54) is 24.9 Å². The van der Waals surface area contributed by atoms with Crippen LogP contribution in [-0.4, -0.2) is 19.1 Å². The topological polar surface area (TPSA) is 44.4 Å². The van der Waals surface area contributed by atoms with Crippen molar-refractivity contribution in [3.05, 3.63) is 59.1 Å². The molecule has 5 heteroatoms. The van der Waals surface area contributed by atoms with Crippen LogP contribution in [0.4, 0.5) is 16.2 Å². The highest BCUT2D eigenvalue weighted by atomic mass is 35.5. The summed E-state index contributed by atoms with van der Waals surface area (Å²) in [7, 11) is 0. The number of nitrogens with one attached hydrogen (secondary N) is 2. The molecule has 1 aliphatic rings. The molecular formula is C19H22ClN3O. The molecule has 1 heterocycles. The zero-order valence-corrected chi connectivity index (χ0v) is 14.4. The first-order valence-electron chi connectivity index (χ1n) is 8.35. The molecule has 0 radical (unpaired) electrons. The van der Waals surface area contributed by atoms with Crippen LogP contribution in [0, 0.1) is 0 Å². The van der Waals surface area contributed by atoms with Gasteiger partial charge in [0.15, 0.2) is 0 Å². The predicted molar refractivity (Wildman–Crippen MR) is 99.8 cm³/mol. The highest BCUT2D eigenvalue weighted by Gasteiger charge is 2.10. The van der Waals surface area contributed by atoms with Crippen LogP contribution in [-0.2, 0) is 6.54 Å². The Bertz CT molecular complexity index is 664. The van der Waals surface area contributed by atoms with E-state index in [0.29, 0.717) is 11.6 Å². The SMILES string of the molecule is O=C(NCc1ccc(N2CCCCC2)cc1)Nc1ccc(Cl)cc1. The molecule has 0 bridgehead atoms. The molecular weight excluding hydrogens is 322 g/mol. The number of hydrogen-bond acceptors (Lipinski definition) is 2. The number of halogens is 1. The molecule has 0 saturated carbocycles. The van der Waals surface area contributed by atoms with Crippen molar-refractivity contribution in [2.24, 2.45) is 0 Å². The zero-order chi connectivity index (χ0) is 16.8. The molecule has 2 aromatic rings. The lowest BCUT2D eigenvalue weighted by atomic mass is 10.1. The van der Waals surface area contributed by atoms with Crippen LogP contribution < -0.4 is 15.5 Å². The van der Waals surface area contributed by atoms with Gasteiger partial charge >= 0.3 is 6.03 Å². The first-order chi connectivity index (χ1) is 11.7. The fourth-order valence-electron chi connectivity index (χ4n) is 2.87. The summed E-state index contributed by atoms with van der Waals surface area (Å²) < 4.78 is 0. The number of rotatable bonds is 4. The van der Waals surface area contributed by atoms with Gasteiger partial charge in [-0.1, -0.05) is 23.7 Å². The summed E-state index contributed by atoms with van der Waals surface area (Å²) >= 11 is 5.83. The van der Waals surface area contributed by atoms with Gasteiger partial charge in [-0.2, -0.15) is 0 Å². The van der Waals surface area contributed by atoms with Crippen LogP contribution in [0.1, 0.15) is 24.8 Å². The van der Waals surface area contributed by atoms with Crippen molar-refractivity contribution >= 4 is 29.0 Å². The Labute approximate surface area is 147 Å². The van der Waals surface area contributed by atoms with Gasteiger partial charge < -0.3 is 15.5 Å². The Hall–Kier alpha value is -2.20. The second-order valence-electron chi connectivity index (χ2n) is 6.03. The molecule has 0 aromatic heterocycles. The third-order valence-electron chi connectivity index (χ3n) is 4.21. The van der Waals surface area contributed by atoms with E-state index in [1.807, 2.05) is 0 Å². The molecule has 2 aromatic carbocycles. The molecule has 0 unspecified atom stereocenters. The average Bonchev–Trinajstić information content (AvgIpc) is 2.63. The van der Waals surface area contributed by atoms with Gasteiger partial charge in [-0.05, 0) is 61.2 Å². The summed E-state index contributed by atoms with van der Waals surface area (Å²) in [5.41, 5.74) is 3.07. The van der Waals surface area contributed by atoms with Gasteiger partial charge in [0.1, 0.15) is 0 Å². The zero-order valence-electron chi connectivity index (χ0n) is 13.6. The fraction of sp³-hybridized carbons (Fsp3) is 0.316. The van der Waals surface area contributed by atoms with Crippen molar-refractivity contribution in [2.75, 3.05) is 23.3 Å². The Morgan fingerprint density at radius 3 is 2.29 bits per heavy atom. The van der Waals surface area contributed by atoms with Crippen LogP contribution in [0.2, 0.25) is 5.02 Å². The Balaban J connectivity index is 1.49. The number of carbonyl (C=O) groups excluding carboxylic acids is 1. The lowest BCUT2D eigenvalue weighted by Crippen LogP contribution is -2.29. The van der Waals surface area contributed by atoms with Crippen molar-refractivity contribution in [1.29, 1.82) is 0 Å². The Kier molecular flexibility index (Phi) is 5.59. The summed E-state index contributed by atoms with van der Waals surface area (Å²) in [4.78, 5) is 14.3. The number of urea groups is 1. The van der Waals surface area contributed by atoms with Crippen molar-refractivity contribution < 1.29 is 4.79 Å². The number of piperidine rings is 1. The monoisotopic (exact) mass is 343 g/mol. The van der Waals surface area contributed by atoms with E-state index in [2.05, 4.69) is 39.8 Å². The minimum Gasteiger partial charge on any atom is -0.372 e. The van der Waals surface area contributed by atoms with Gasteiger partial charge in [-0.15, -0.1) is 0 Å². The first kappa shape index (κ1) is 16.7. The van der Waals surface area contributed by atoms with Crippen LogP contribution in [0.25, 0.3) is 0 Å². The molecule has 1 aliphatic heterocycles. The number of nitrogens with zero attached hydrogens (tertiary/aromatic N) is 1. The molecule has 2 N–H and O–H groups in total. The van der Waals surface area contributed by atoms with Gasteiger partial charge in [0.05, 0.1) is 0 Å². The summed E-state index contributed by atoms with van der Waals surface area (Å²) in [5, 5.41) is 6.30. The number of hydrogen-bond donors (Lipinski definition) is 2. The van der Waals surface area contributed by atoms with E-state index in [9.17, 15) is 4.79 Å². The third kappa shape index (κ3) is 4.65. The van der Waals surface area contributed by atoms with E-state index in [4.69, 9.17) is 11.6 Å². The van der Waals surface area contributed by atoms with E-state index >= 15 is 0 Å². The maximum absolute atomic E-state index is 11.9. The largest absolute Gasteiger partial charge is 0.372 e. The van der Waals surface area contributed by atoms with E-state index < -0.39 is 0 Å². The number of anilines is 2. The minimum absolute atomic E-state index is 0.225. The quantitative estimate of drug-likeness (QED) is 0.848. The molecule has 0 atom stereocenters. The summed E-state index contributed by atoms with van der Waals surface area (Å²) in [5.74, 6) is 0. The molecule has 126 valence electrons. The Morgan fingerprint density at radius 1 is 0.958 bits per heavy atom. The Morgan fingerprint density at radius 2 is 1.62 bits per heavy atom. The first-order valence-corrected chi connectivity index (χ1v) is 8.73. The molecule has 2 amide bonds. The van der Waals surface area contributed by atoms with Crippen molar-refractivity contribution in [1.82, 2.24) is 5.32 Å². The minimum atomic E-state index is -0.225. The molecule has 0 aliphatic carbocycles. The molecule has 0 spiro atoms. The summed E-state index contributed by atoms with van der Waals surface area (Å²) in [6.07, 6.45) is 3.88. The lowest BCUT2D eigenvalue weighted by molar-refractivity contribution is 0.251. The van der Waals surface area contributed by atoms with Gasteiger partial charge in [-0.3, -0.25) is 0 Å². The van der Waals surface area contributed by atoms with Gasteiger partial charge in [0, 0.05) is 36.0 Å². The van der Waals surface area contributed by atoms with Crippen LogP contribution in [0.5, 0.6) is 0 Å². The fourth-order valence-corrected chi connectivity index (χ4v) is 2.99.